The Hall–Kier alpha value is -3.02. The van der Waals surface area contributed by atoms with E-state index in [2.05, 4.69) is 28.4 Å². The SMILES string of the molecule is COc1ccccc1N1CCN(C(=O)C(=O)NC(C)c2ccc3c(c2)CCCC3)CC1. The lowest BCUT2D eigenvalue weighted by Crippen LogP contribution is -2.53. The molecule has 1 N–H and O–H groups in total. The highest BCUT2D eigenvalue weighted by Crippen LogP contribution is 2.28. The number of benzene rings is 2. The molecule has 1 aliphatic heterocycles. The normalized spacial score (nSPS) is 17.0. The Bertz CT molecular complexity index is 951. The molecule has 1 aliphatic carbocycles. The van der Waals surface area contributed by atoms with E-state index >= 15 is 0 Å². The number of methoxy groups -OCH3 is 1. The van der Waals surface area contributed by atoms with Crippen molar-refractivity contribution in [2.75, 3.05) is 38.2 Å². The topological polar surface area (TPSA) is 61.9 Å². The van der Waals surface area contributed by atoms with Crippen LogP contribution in [0.4, 0.5) is 5.69 Å². The lowest BCUT2D eigenvalue weighted by Gasteiger charge is -2.36. The minimum atomic E-state index is -0.532. The number of nitrogens with zero attached hydrogens (tertiary/aromatic N) is 2. The third-order valence-corrected chi connectivity index (χ3v) is 6.41. The molecule has 2 aromatic rings. The summed E-state index contributed by atoms with van der Waals surface area (Å²) in [6, 6.07) is 14.1. The summed E-state index contributed by atoms with van der Waals surface area (Å²) >= 11 is 0. The van der Waals surface area contributed by atoms with Gasteiger partial charge in [-0.2, -0.15) is 0 Å². The fourth-order valence-corrected chi connectivity index (χ4v) is 4.55. The second-order valence-corrected chi connectivity index (χ2v) is 8.38. The average Bonchev–Trinajstić information content (AvgIpc) is 2.83. The van der Waals surface area contributed by atoms with Gasteiger partial charge in [-0.15, -0.1) is 0 Å². The van der Waals surface area contributed by atoms with Gasteiger partial charge < -0.3 is 19.9 Å². The Labute approximate surface area is 184 Å². The number of piperazine rings is 1. The van der Waals surface area contributed by atoms with Gasteiger partial charge in [-0.25, -0.2) is 0 Å². The monoisotopic (exact) mass is 421 g/mol. The second-order valence-electron chi connectivity index (χ2n) is 8.38. The van der Waals surface area contributed by atoms with Gasteiger partial charge in [0.2, 0.25) is 0 Å². The predicted octanol–water partition coefficient (Wildman–Crippen LogP) is 3.10. The zero-order chi connectivity index (χ0) is 21.8. The van der Waals surface area contributed by atoms with Gasteiger partial charge in [-0.1, -0.05) is 30.3 Å². The van der Waals surface area contributed by atoms with Crippen LogP contribution in [0, 0.1) is 0 Å². The summed E-state index contributed by atoms with van der Waals surface area (Å²) in [6.45, 7) is 4.30. The number of anilines is 1. The fourth-order valence-electron chi connectivity index (χ4n) is 4.55. The van der Waals surface area contributed by atoms with Crippen molar-refractivity contribution >= 4 is 17.5 Å². The third-order valence-electron chi connectivity index (χ3n) is 6.41. The highest BCUT2D eigenvalue weighted by Gasteiger charge is 2.28. The summed E-state index contributed by atoms with van der Waals surface area (Å²) < 4.78 is 5.45. The molecule has 2 aromatic carbocycles. The van der Waals surface area contributed by atoms with Crippen LogP contribution < -0.4 is 15.0 Å². The first-order valence-corrected chi connectivity index (χ1v) is 11.2. The lowest BCUT2D eigenvalue weighted by atomic mass is 9.89. The molecule has 31 heavy (non-hydrogen) atoms. The van der Waals surface area contributed by atoms with Crippen molar-refractivity contribution in [1.82, 2.24) is 10.2 Å². The Morgan fingerprint density at radius 1 is 0.968 bits per heavy atom. The van der Waals surface area contributed by atoms with Crippen LogP contribution in [0.5, 0.6) is 5.75 Å². The molecule has 4 rings (SSSR count). The minimum Gasteiger partial charge on any atom is -0.495 e. The highest BCUT2D eigenvalue weighted by atomic mass is 16.5. The van der Waals surface area contributed by atoms with Gasteiger partial charge in [0.15, 0.2) is 0 Å². The molecule has 0 bridgehead atoms. The van der Waals surface area contributed by atoms with Crippen molar-refractivity contribution in [3.63, 3.8) is 0 Å². The van der Waals surface area contributed by atoms with Crippen LogP contribution in [0.1, 0.15) is 42.5 Å². The highest BCUT2D eigenvalue weighted by molar-refractivity contribution is 6.35. The Balaban J connectivity index is 1.33. The number of nitrogens with one attached hydrogen (secondary N) is 1. The average molecular weight is 422 g/mol. The number of hydrogen-bond acceptors (Lipinski definition) is 4. The smallest absolute Gasteiger partial charge is 0.312 e. The zero-order valence-electron chi connectivity index (χ0n) is 18.4. The van der Waals surface area contributed by atoms with Crippen LogP contribution in [0.25, 0.3) is 0 Å². The van der Waals surface area contributed by atoms with Gasteiger partial charge in [0.25, 0.3) is 0 Å². The molecule has 6 nitrogen and oxygen atoms in total. The van der Waals surface area contributed by atoms with Crippen LogP contribution in [-0.4, -0.2) is 50.0 Å². The Morgan fingerprint density at radius 3 is 2.42 bits per heavy atom. The largest absolute Gasteiger partial charge is 0.495 e. The van der Waals surface area contributed by atoms with Crippen LogP contribution in [0.15, 0.2) is 42.5 Å². The van der Waals surface area contributed by atoms with Crippen molar-refractivity contribution in [2.24, 2.45) is 0 Å². The molecule has 0 spiro atoms. The molecule has 164 valence electrons. The maximum absolute atomic E-state index is 12.7. The summed E-state index contributed by atoms with van der Waals surface area (Å²) in [4.78, 5) is 29.2. The van der Waals surface area contributed by atoms with E-state index in [4.69, 9.17) is 4.74 Å². The number of hydrogen-bond donors (Lipinski definition) is 1. The first-order valence-electron chi connectivity index (χ1n) is 11.2. The molecule has 1 unspecified atom stereocenters. The van der Waals surface area contributed by atoms with E-state index in [-0.39, 0.29) is 6.04 Å². The molecule has 1 fully saturated rings. The predicted molar refractivity (Wildman–Crippen MR) is 121 cm³/mol. The number of amides is 2. The van der Waals surface area contributed by atoms with Crippen molar-refractivity contribution in [3.8, 4) is 5.75 Å². The first kappa shape index (κ1) is 21.2. The van der Waals surface area contributed by atoms with Crippen LogP contribution >= 0.6 is 0 Å². The number of ether oxygens (including phenoxy) is 1. The number of carbonyl (C=O) groups is 2. The van der Waals surface area contributed by atoms with E-state index in [1.54, 1.807) is 12.0 Å². The van der Waals surface area contributed by atoms with E-state index < -0.39 is 11.8 Å². The van der Waals surface area contributed by atoms with Crippen molar-refractivity contribution in [2.45, 2.75) is 38.6 Å². The van der Waals surface area contributed by atoms with Crippen LogP contribution in [-0.2, 0) is 22.4 Å². The van der Waals surface area contributed by atoms with Crippen molar-refractivity contribution < 1.29 is 14.3 Å². The lowest BCUT2D eigenvalue weighted by molar-refractivity contribution is -0.146. The molecule has 0 aromatic heterocycles. The van der Waals surface area contributed by atoms with Crippen LogP contribution in [0.2, 0.25) is 0 Å². The second kappa shape index (κ2) is 9.41. The molecule has 0 radical (unpaired) electrons. The van der Waals surface area contributed by atoms with Gasteiger partial charge in [0, 0.05) is 26.2 Å². The molecule has 2 amide bonds. The molecular weight excluding hydrogens is 390 g/mol. The molecule has 1 atom stereocenters. The summed E-state index contributed by atoms with van der Waals surface area (Å²) in [5.41, 5.74) is 4.87. The molecule has 0 saturated carbocycles. The Kier molecular flexibility index (Phi) is 6.44. The fraction of sp³-hybridized carbons (Fsp3) is 0.440. The Morgan fingerprint density at radius 2 is 1.68 bits per heavy atom. The van der Waals surface area contributed by atoms with Gasteiger partial charge in [0.05, 0.1) is 18.8 Å². The molecule has 2 aliphatic rings. The van der Waals surface area contributed by atoms with E-state index in [1.807, 2.05) is 31.2 Å². The maximum Gasteiger partial charge on any atom is 0.312 e. The molecular formula is C25H31N3O3. The van der Waals surface area contributed by atoms with Gasteiger partial charge in [-0.3, -0.25) is 9.59 Å². The van der Waals surface area contributed by atoms with Gasteiger partial charge >= 0.3 is 11.8 Å². The van der Waals surface area contributed by atoms with Crippen molar-refractivity contribution in [1.29, 1.82) is 0 Å². The van der Waals surface area contributed by atoms with Crippen molar-refractivity contribution in [3.05, 3.63) is 59.2 Å². The van der Waals surface area contributed by atoms with E-state index in [1.165, 1.54) is 24.0 Å². The molecule has 6 heteroatoms. The minimum absolute atomic E-state index is 0.196. The van der Waals surface area contributed by atoms with E-state index in [9.17, 15) is 9.59 Å². The summed E-state index contributed by atoms with van der Waals surface area (Å²) in [7, 11) is 1.66. The maximum atomic E-state index is 12.7. The van der Waals surface area contributed by atoms with Gasteiger partial charge in [-0.05, 0) is 61.4 Å². The number of fused-ring (bicyclic) bond motifs is 1. The van der Waals surface area contributed by atoms with E-state index in [0.717, 1.165) is 29.8 Å². The quantitative estimate of drug-likeness (QED) is 0.771. The molecule has 1 saturated heterocycles. The zero-order valence-corrected chi connectivity index (χ0v) is 18.4. The number of para-hydroxylation sites is 2. The van der Waals surface area contributed by atoms with Gasteiger partial charge in [0.1, 0.15) is 5.75 Å². The standard InChI is InChI=1S/C25H31N3O3/c1-18(20-12-11-19-7-3-4-8-21(19)17-20)26-24(29)25(30)28-15-13-27(14-16-28)22-9-5-6-10-23(22)31-2/h5-6,9-12,17-18H,3-4,7-8,13-16H2,1-2H3,(H,26,29). The summed E-state index contributed by atoms with van der Waals surface area (Å²) in [5, 5.41) is 2.90. The molecule has 1 heterocycles. The van der Waals surface area contributed by atoms with E-state index in [0.29, 0.717) is 26.2 Å². The first-order chi connectivity index (χ1) is 15.1. The number of carbonyl (C=O) groups excluding carboxylic acids is 2. The number of aryl methyl sites for hydroxylation is 2. The third kappa shape index (κ3) is 4.68. The summed E-state index contributed by atoms with van der Waals surface area (Å²) in [6.07, 6.45) is 4.70. The summed E-state index contributed by atoms with van der Waals surface area (Å²) in [5.74, 6) is -0.167. The number of rotatable bonds is 4. The van der Waals surface area contributed by atoms with Crippen LogP contribution in [0.3, 0.4) is 0 Å².